The maximum absolute atomic E-state index is 3.79. The molecule has 0 amide bonds. The molecule has 0 radical (unpaired) electrons. The highest BCUT2D eigenvalue weighted by Gasteiger charge is 2.39. The minimum absolute atomic E-state index is 0.509. The van der Waals surface area contributed by atoms with E-state index in [4.69, 9.17) is 0 Å². The maximum atomic E-state index is 3.79. The highest BCUT2D eigenvalue weighted by atomic mass is 15.2. The van der Waals surface area contributed by atoms with Crippen molar-refractivity contribution in [3.63, 3.8) is 0 Å². The van der Waals surface area contributed by atoms with Gasteiger partial charge in [-0.05, 0) is 30.2 Å². The summed E-state index contributed by atoms with van der Waals surface area (Å²) < 4.78 is 0. The van der Waals surface area contributed by atoms with Gasteiger partial charge in [0, 0.05) is 31.7 Å². The van der Waals surface area contributed by atoms with Crippen LogP contribution in [0.1, 0.15) is 44.7 Å². The predicted octanol–water partition coefficient (Wildman–Crippen LogP) is 3.46. The van der Waals surface area contributed by atoms with Gasteiger partial charge in [0.1, 0.15) is 0 Å². The molecule has 2 nitrogen and oxygen atoms in total. The molecule has 110 valence electrons. The Morgan fingerprint density at radius 3 is 2.65 bits per heavy atom. The van der Waals surface area contributed by atoms with Crippen LogP contribution in [0.2, 0.25) is 0 Å². The molecule has 1 aromatic carbocycles. The lowest BCUT2D eigenvalue weighted by molar-refractivity contribution is 0.0979. The van der Waals surface area contributed by atoms with Crippen molar-refractivity contribution in [2.24, 2.45) is 11.8 Å². The number of hydrogen-bond donors (Lipinski definition) is 1. The van der Waals surface area contributed by atoms with E-state index in [1.807, 2.05) is 0 Å². The molecular weight excluding hydrogens is 244 g/mol. The first-order chi connectivity index (χ1) is 9.78. The first kappa shape index (κ1) is 14.1. The summed E-state index contributed by atoms with van der Waals surface area (Å²) in [6, 6.07) is 12.2. The molecular formula is C18H28N2. The van der Waals surface area contributed by atoms with E-state index in [0.717, 1.165) is 17.9 Å². The SMILES string of the molecule is CCC(C)CN1CC(c2ccccc2)NCC1C1CC1. The van der Waals surface area contributed by atoms with Crippen LogP contribution < -0.4 is 5.32 Å². The van der Waals surface area contributed by atoms with Crippen LogP contribution in [0.25, 0.3) is 0 Å². The lowest BCUT2D eigenvalue weighted by Gasteiger charge is -2.42. The maximum Gasteiger partial charge on any atom is 0.0449 e. The van der Waals surface area contributed by atoms with Crippen LogP contribution in [0.3, 0.4) is 0 Å². The van der Waals surface area contributed by atoms with Gasteiger partial charge in [-0.2, -0.15) is 0 Å². The summed E-state index contributed by atoms with van der Waals surface area (Å²) in [5, 5.41) is 3.79. The number of benzene rings is 1. The fraction of sp³-hybridized carbons (Fsp3) is 0.667. The molecule has 3 atom stereocenters. The Balaban J connectivity index is 1.69. The average Bonchev–Trinajstić information content (AvgIpc) is 3.32. The number of rotatable bonds is 5. The molecule has 1 saturated carbocycles. The molecule has 0 spiro atoms. The topological polar surface area (TPSA) is 15.3 Å². The van der Waals surface area contributed by atoms with Crippen molar-refractivity contribution >= 4 is 0 Å². The minimum atomic E-state index is 0.509. The van der Waals surface area contributed by atoms with Gasteiger partial charge in [0.05, 0.1) is 0 Å². The van der Waals surface area contributed by atoms with E-state index in [-0.39, 0.29) is 0 Å². The summed E-state index contributed by atoms with van der Waals surface area (Å²) in [7, 11) is 0. The molecule has 1 aromatic rings. The second-order valence-corrected chi connectivity index (χ2v) is 6.74. The zero-order valence-electron chi connectivity index (χ0n) is 12.9. The molecule has 0 aromatic heterocycles. The number of hydrogen-bond acceptors (Lipinski definition) is 2. The Hall–Kier alpha value is -0.860. The minimum Gasteiger partial charge on any atom is -0.307 e. The van der Waals surface area contributed by atoms with Gasteiger partial charge < -0.3 is 5.32 Å². The molecule has 1 heterocycles. The average molecular weight is 272 g/mol. The molecule has 3 unspecified atom stereocenters. The third-order valence-corrected chi connectivity index (χ3v) is 5.07. The van der Waals surface area contributed by atoms with E-state index in [9.17, 15) is 0 Å². The van der Waals surface area contributed by atoms with Gasteiger partial charge in [0.2, 0.25) is 0 Å². The molecule has 2 fully saturated rings. The summed E-state index contributed by atoms with van der Waals surface area (Å²) in [6.07, 6.45) is 4.18. The van der Waals surface area contributed by atoms with E-state index in [0.29, 0.717) is 6.04 Å². The molecule has 1 N–H and O–H groups in total. The summed E-state index contributed by atoms with van der Waals surface area (Å²) in [5.74, 6) is 1.77. The van der Waals surface area contributed by atoms with Crippen LogP contribution >= 0.6 is 0 Å². The lowest BCUT2D eigenvalue weighted by atomic mass is 9.97. The van der Waals surface area contributed by atoms with Gasteiger partial charge in [-0.15, -0.1) is 0 Å². The molecule has 0 bridgehead atoms. The predicted molar refractivity (Wildman–Crippen MR) is 84.7 cm³/mol. The molecule has 1 aliphatic carbocycles. The summed E-state index contributed by atoms with van der Waals surface area (Å²) in [4.78, 5) is 2.78. The largest absolute Gasteiger partial charge is 0.307 e. The Labute approximate surface area is 123 Å². The highest BCUT2D eigenvalue weighted by Crippen LogP contribution is 2.37. The summed E-state index contributed by atoms with van der Waals surface area (Å²) in [5.41, 5.74) is 1.44. The molecule has 1 aliphatic heterocycles. The van der Waals surface area contributed by atoms with Gasteiger partial charge in [-0.3, -0.25) is 4.90 Å². The number of nitrogens with zero attached hydrogens (tertiary/aromatic N) is 1. The zero-order chi connectivity index (χ0) is 13.9. The number of piperazine rings is 1. The van der Waals surface area contributed by atoms with Crippen molar-refractivity contribution in [3.05, 3.63) is 35.9 Å². The molecule has 2 heteroatoms. The van der Waals surface area contributed by atoms with Gasteiger partial charge in [-0.25, -0.2) is 0 Å². The second-order valence-electron chi connectivity index (χ2n) is 6.74. The quantitative estimate of drug-likeness (QED) is 0.883. The smallest absolute Gasteiger partial charge is 0.0449 e. The fourth-order valence-electron chi connectivity index (χ4n) is 3.42. The standard InChI is InChI=1S/C18H28N2/c1-3-14(2)12-20-13-17(15-7-5-4-6-8-15)19-11-18(20)16-9-10-16/h4-8,14,16-19H,3,9-13H2,1-2H3. The van der Waals surface area contributed by atoms with E-state index >= 15 is 0 Å². The second kappa shape index (κ2) is 6.28. The van der Waals surface area contributed by atoms with E-state index in [1.165, 1.54) is 44.5 Å². The van der Waals surface area contributed by atoms with Crippen LogP contribution in [0.4, 0.5) is 0 Å². The Morgan fingerprint density at radius 2 is 2.00 bits per heavy atom. The van der Waals surface area contributed by atoms with E-state index < -0.39 is 0 Å². The summed E-state index contributed by atoms with van der Waals surface area (Å²) >= 11 is 0. The van der Waals surface area contributed by atoms with Crippen LogP contribution in [-0.4, -0.2) is 30.6 Å². The molecule has 20 heavy (non-hydrogen) atoms. The van der Waals surface area contributed by atoms with Crippen molar-refractivity contribution < 1.29 is 0 Å². The fourth-order valence-corrected chi connectivity index (χ4v) is 3.42. The highest BCUT2D eigenvalue weighted by molar-refractivity contribution is 5.20. The van der Waals surface area contributed by atoms with Gasteiger partial charge in [0.25, 0.3) is 0 Å². The Bertz CT molecular complexity index is 413. The van der Waals surface area contributed by atoms with Crippen LogP contribution in [0, 0.1) is 11.8 Å². The monoisotopic (exact) mass is 272 g/mol. The van der Waals surface area contributed by atoms with Crippen molar-refractivity contribution in [1.82, 2.24) is 10.2 Å². The molecule has 3 rings (SSSR count). The first-order valence-corrected chi connectivity index (χ1v) is 8.30. The van der Waals surface area contributed by atoms with Crippen molar-refractivity contribution in [2.45, 2.75) is 45.2 Å². The van der Waals surface area contributed by atoms with Crippen LogP contribution in [0.5, 0.6) is 0 Å². The van der Waals surface area contributed by atoms with E-state index in [2.05, 4.69) is 54.4 Å². The van der Waals surface area contributed by atoms with Crippen LogP contribution in [0.15, 0.2) is 30.3 Å². The van der Waals surface area contributed by atoms with Gasteiger partial charge >= 0.3 is 0 Å². The normalized spacial score (nSPS) is 29.3. The van der Waals surface area contributed by atoms with Crippen molar-refractivity contribution in [1.29, 1.82) is 0 Å². The third kappa shape index (κ3) is 3.24. The third-order valence-electron chi connectivity index (χ3n) is 5.07. The van der Waals surface area contributed by atoms with Crippen LogP contribution in [-0.2, 0) is 0 Å². The molecule has 2 aliphatic rings. The van der Waals surface area contributed by atoms with Gasteiger partial charge in [-0.1, -0.05) is 50.6 Å². The molecule has 1 saturated heterocycles. The summed E-state index contributed by atoms with van der Waals surface area (Å²) in [6.45, 7) is 8.32. The van der Waals surface area contributed by atoms with Gasteiger partial charge in [0.15, 0.2) is 0 Å². The van der Waals surface area contributed by atoms with Crippen molar-refractivity contribution in [2.75, 3.05) is 19.6 Å². The zero-order valence-corrected chi connectivity index (χ0v) is 12.9. The van der Waals surface area contributed by atoms with Crippen molar-refractivity contribution in [3.8, 4) is 0 Å². The lowest BCUT2D eigenvalue weighted by Crippen LogP contribution is -2.54. The van der Waals surface area contributed by atoms with E-state index in [1.54, 1.807) is 0 Å². The number of nitrogens with one attached hydrogen (secondary N) is 1. The Kier molecular flexibility index (Phi) is 4.42. The first-order valence-electron chi connectivity index (χ1n) is 8.30. The Morgan fingerprint density at radius 1 is 1.25 bits per heavy atom.